The van der Waals surface area contributed by atoms with E-state index >= 15 is 0 Å². The molecule has 0 spiro atoms. The van der Waals surface area contributed by atoms with Gasteiger partial charge in [-0.1, -0.05) is 18.2 Å². The summed E-state index contributed by atoms with van der Waals surface area (Å²) >= 11 is 3.52. The van der Waals surface area contributed by atoms with Gasteiger partial charge in [-0.15, -0.1) is 0 Å². The van der Waals surface area contributed by atoms with Gasteiger partial charge in [0.25, 0.3) is 0 Å². The molecule has 31 heavy (non-hydrogen) atoms. The summed E-state index contributed by atoms with van der Waals surface area (Å²) in [4.78, 5) is 13.8. The smallest absolute Gasteiger partial charge is 0.224 e. The van der Waals surface area contributed by atoms with Crippen molar-refractivity contribution >= 4 is 27.5 Å². The van der Waals surface area contributed by atoms with E-state index in [-0.39, 0.29) is 24.1 Å². The number of nitrogens with zero attached hydrogens (tertiary/aromatic N) is 1. The van der Waals surface area contributed by atoms with Crippen LogP contribution >= 0.6 is 15.9 Å². The van der Waals surface area contributed by atoms with Crippen molar-refractivity contribution in [3.8, 4) is 17.2 Å². The largest absolute Gasteiger partial charge is 0.508 e. The number of hydrogen-bond donors (Lipinski definition) is 1. The van der Waals surface area contributed by atoms with Crippen molar-refractivity contribution in [3.63, 3.8) is 0 Å². The van der Waals surface area contributed by atoms with Crippen LogP contribution in [0.3, 0.4) is 0 Å². The fourth-order valence-corrected chi connectivity index (χ4v) is 3.68. The van der Waals surface area contributed by atoms with Gasteiger partial charge in [-0.05, 0) is 70.9 Å². The van der Waals surface area contributed by atoms with Crippen molar-refractivity contribution in [3.05, 3.63) is 82.1 Å². The number of anilines is 1. The van der Waals surface area contributed by atoms with Crippen molar-refractivity contribution in [1.29, 1.82) is 0 Å². The summed E-state index contributed by atoms with van der Waals surface area (Å²) in [5.41, 5.74) is 1.92. The van der Waals surface area contributed by atoms with Gasteiger partial charge in [-0.2, -0.15) is 0 Å². The Balaban J connectivity index is 1.87. The van der Waals surface area contributed by atoms with Gasteiger partial charge in [-0.3, -0.25) is 4.79 Å². The van der Waals surface area contributed by atoms with Gasteiger partial charge < -0.3 is 19.5 Å². The monoisotopic (exact) mass is 487 g/mol. The van der Waals surface area contributed by atoms with Crippen LogP contribution in [0.25, 0.3) is 0 Å². The van der Waals surface area contributed by atoms with Crippen LogP contribution in [-0.2, 0) is 17.9 Å². The second-order valence-corrected chi connectivity index (χ2v) is 7.69. The van der Waals surface area contributed by atoms with Crippen LogP contribution in [0, 0.1) is 5.82 Å². The van der Waals surface area contributed by atoms with Crippen LogP contribution in [0.5, 0.6) is 17.2 Å². The minimum Gasteiger partial charge on any atom is -0.508 e. The highest BCUT2D eigenvalue weighted by molar-refractivity contribution is 9.10. The Morgan fingerprint density at radius 1 is 1.10 bits per heavy atom. The lowest BCUT2D eigenvalue weighted by atomic mass is 10.1. The highest BCUT2D eigenvalue weighted by atomic mass is 79.9. The molecule has 162 valence electrons. The van der Waals surface area contributed by atoms with Crippen molar-refractivity contribution in [2.75, 3.05) is 11.5 Å². The number of hydrogen-bond acceptors (Lipinski definition) is 4. The normalized spacial score (nSPS) is 10.6. The molecule has 3 aromatic carbocycles. The van der Waals surface area contributed by atoms with Gasteiger partial charge >= 0.3 is 0 Å². The minimum absolute atomic E-state index is 0.0533. The lowest BCUT2D eigenvalue weighted by molar-refractivity contribution is -0.116. The predicted molar refractivity (Wildman–Crippen MR) is 121 cm³/mol. The second-order valence-electron chi connectivity index (χ2n) is 6.84. The molecule has 0 fully saturated rings. The number of phenols is 1. The Hall–Kier alpha value is -3.06. The van der Waals surface area contributed by atoms with E-state index in [1.807, 2.05) is 13.0 Å². The number of ether oxygens (including phenoxy) is 2. The highest BCUT2D eigenvalue weighted by Gasteiger charge is 2.17. The Morgan fingerprint density at radius 2 is 1.81 bits per heavy atom. The maximum atomic E-state index is 13.9. The molecule has 0 saturated carbocycles. The first kappa shape index (κ1) is 22.6. The topological polar surface area (TPSA) is 59.0 Å². The van der Waals surface area contributed by atoms with Crippen molar-refractivity contribution in [2.24, 2.45) is 0 Å². The molecule has 3 aromatic rings. The van der Waals surface area contributed by atoms with E-state index in [0.29, 0.717) is 40.4 Å². The number of amides is 1. The summed E-state index contributed by atoms with van der Waals surface area (Å²) in [6.45, 7) is 4.11. The number of carbonyl (C=O) groups is 1. The first-order chi connectivity index (χ1) is 14.9. The summed E-state index contributed by atoms with van der Waals surface area (Å²) in [6.07, 6.45) is 0. The van der Waals surface area contributed by atoms with E-state index < -0.39 is 0 Å². The molecule has 5 nitrogen and oxygen atoms in total. The van der Waals surface area contributed by atoms with E-state index in [0.717, 1.165) is 5.56 Å². The maximum absolute atomic E-state index is 13.9. The Labute approximate surface area is 189 Å². The van der Waals surface area contributed by atoms with Gasteiger partial charge in [0, 0.05) is 18.2 Å². The van der Waals surface area contributed by atoms with Crippen molar-refractivity contribution in [2.45, 2.75) is 27.0 Å². The average molecular weight is 488 g/mol. The summed E-state index contributed by atoms with van der Waals surface area (Å²) in [5.74, 6) is 0.620. The quantitative estimate of drug-likeness (QED) is 0.434. The van der Waals surface area contributed by atoms with E-state index in [4.69, 9.17) is 9.47 Å². The molecule has 0 heterocycles. The molecule has 0 aliphatic rings. The molecule has 0 saturated heterocycles. The van der Waals surface area contributed by atoms with Crippen molar-refractivity contribution < 1.29 is 23.8 Å². The van der Waals surface area contributed by atoms with Gasteiger partial charge in [0.05, 0.1) is 17.6 Å². The molecule has 0 radical (unpaired) electrons. The molecule has 7 heteroatoms. The number of carbonyl (C=O) groups excluding carboxylic acids is 1. The minimum atomic E-state index is -0.334. The number of aromatic hydroxyl groups is 1. The third-order valence-electron chi connectivity index (χ3n) is 4.58. The zero-order valence-corrected chi connectivity index (χ0v) is 18.9. The lowest BCUT2D eigenvalue weighted by Crippen LogP contribution is -2.27. The standard InChI is InChI=1S/C24H23BrFNO4/c1-3-30-23-13-17(14-27(16(2)28)19-8-10-20(29)11-9-19)12-21(25)24(23)31-15-18-6-4-5-7-22(18)26/h4-13,29H,3,14-15H2,1-2H3. The molecule has 1 N–H and O–H groups in total. The van der Waals surface area contributed by atoms with E-state index in [9.17, 15) is 14.3 Å². The van der Waals surface area contributed by atoms with Gasteiger partial charge in [0.15, 0.2) is 11.5 Å². The molecule has 3 rings (SSSR count). The number of halogens is 2. The van der Waals surface area contributed by atoms with Gasteiger partial charge in [-0.25, -0.2) is 4.39 Å². The number of benzene rings is 3. The van der Waals surface area contributed by atoms with Crippen LogP contribution in [0.15, 0.2) is 65.1 Å². The van der Waals surface area contributed by atoms with Crippen LogP contribution in [0.4, 0.5) is 10.1 Å². The third kappa shape index (κ3) is 5.76. The van der Waals surface area contributed by atoms with E-state index in [1.165, 1.54) is 25.1 Å². The number of rotatable bonds is 8. The fourth-order valence-electron chi connectivity index (χ4n) is 3.08. The Kier molecular flexibility index (Phi) is 7.52. The summed E-state index contributed by atoms with van der Waals surface area (Å²) in [7, 11) is 0. The van der Waals surface area contributed by atoms with E-state index in [2.05, 4.69) is 15.9 Å². The first-order valence-electron chi connectivity index (χ1n) is 9.77. The summed E-state index contributed by atoms with van der Waals surface area (Å²) in [6, 6.07) is 16.5. The van der Waals surface area contributed by atoms with E-state index in [1.54, 1.807) is 41.3 Å². The Bertz CT molecular complexity index is 1060. The van der Waals surface area contributed by atoms with Crippen LogP contribution in [-0.4, -0.2) is 17.6 Å². The summed E-state index contributed by atoms with van der Waals surface area (Å²) in [5, 5.41) is 9.52. The molecule has 0 unspecified atom stereocenters. The molecular formula is C24H23BrFNO4. The lowest BCUT2D eigenvalue weighted by Gasteiger charge is -2.23. The molecule has 0 atom stereocenters. The predicted octanol–water partition coefficient (Wildman–Crippen LogP) is 5.82. The van der Waals surface area contributed by atoms with Crippen LogP contribution in [0.1, 0.15) is 25.0 Å². The first-order valence-corrected chi connectivity index (χ1v) is 10.6. The molecule has 0 aliphatic heterocycles. The van der Waals surface area contributed by atoms with Crippen LogP contribution in [0.2, 0.25) is 0 Å². The van der Waals surface area contributed by atoms with Gasteiger partial charge in [0.1, 0.15) is 18.2 Å². The van der Waals surface area contributed by atoms with Crippen molar-refractivity contribution in [1.82, 2.24) is 0 Å². The third-order valence-corrected chi connectivity index (χ3v) is 5.17. The summed E-state index contributed by atoms with van der Waals surface area (Å²) < 4.78 is 26.2. The molecule has 0 bridgehead atoms. The molecule has 0 aromatic heterocycles. The second kappa shape index (κ2) is 10.3. The zero-order valence-electron chi connectivity index (χ0n) is 17.3. The molecule has 0 aliphatic carbocycles. The van der Waals surface area contributed by atoms with Crippen LogP contribution < -0.4 is 14.4 Å². The fraction of sp³-hybridized carbons (Fsp3) is 0.208. The zero-order chi connectivity index (χ0) is 22.4. The average Bonchev–Trinajstić information content (AvgIpc) is 2.73. The maximum Gasteiger partial charge on any atom is 0.224 e. The highest BCUT2D eigenvalue weighted by Crippen LogP contribution is 2.38. The Morgan fingerprint density at radius 3 is 2.45 bits per heavy atom. The van der Waals surface area contributed by atoms with Gasteiger partial charge in [0.2, 0.25) is 5.91 Å². The SMILES string of the molecule is CCOc1cc(CN(C(C)=O)c2ccc(O)cc2)cc(Br)c1OCc1ccccc1F. The molecular weight excluding hydrogens is 465 g/mol. The number of phenolic OH excluding ortho intramolecular Hbond substituents is 1. The molecule has 1 amide bonds.